The average molecular weight is 681 g/mol. The first-order valence-corrected chi connectivity index (χ1v) is 17.2. The van der Waals surface area contributed by atoms with Crippen molar-refractivity contribution in [3.05, 3.63) is 117 Å². The van der Waals surface area contributed by atoms with Crippen molar-refractivity contribution in [1.29, 1.82) is 0 Å². The zero-order valence-electron chi connectivity index (χ0n) is 27.9. The smallest absolute Gasteiger partial charge is 0.287 e. The Morgan fingerprint density at radius 3 is 2.45 bits per heavy atom. The third-order valence-corrected chi connectivity index (χ3v) is 9.69. The van der Waals surface area contributed by atoms with Gasteiger partial charge < -0.3 is 24.4 Å². The van der Waals surface area contributed by atoms with Gasteiger partial charge in [0.1, 0.15) is 5.58 Å². The fraction of sp³-hybridized carbons (Fsp3) is 0.333. The number of carbonyl (C=O) groups is 3. The van der Waals surface area contributed by atoms with Crippen LogP contribution in [-0.4, -0.2) is 55.3 Å². The highest BCUT2D eigenvalue weighted by Gasteiger charge is 2.23. The van der Waals surface area contributed by atoms with E-state index < -0.39 is 5.91 Å². The number of benzene rings is 3. The molecule has 2 aliphatic rings. The van der Waals surface area contributed by atoms with Crippen molar-refractivity contribution in [3.8, 4) is 0 Å². The molecule has 254 valence electrons. The summed E-state index contributed by atoms with van der Waals surface area (Å²) in [7, 11) is 1.63. The number of nitrogens with one attached hydrogen (secondary N) is 1. The first-order chi connectivity index (χ1) is 23.6. The van der Waals surface area contributed by atoms with Gasteiger partial charge in [-0.15, -0.1) is 0 Å². The Labute approximate surface area is 291 Å². The summed E-state index contributed by atoms with van der Waals surface area (Å²) < 4.78 is 5.91. The molecule has 4 aromatic rings. The predicted octanol–water partition coefficient (Wildman–Crippen LogP) is 6.51. The Balaban J connectivity index is 1.19. The van der Waals surface area contributed by atoms with E-state index in [1.54, 1.807) is 25.2 Å². The number of hydrogen-bond donors (Lipinski definition) is 1. The predicted molar refractivity (Wildman–Crippen MR) is 193 cm³/mol. The number of likely N-dealkylation sites (tertiary alicyclic amines) is 1. The molecular formula is C39H41ClN4O5. The lowest BCUT2D eigenvalue weighted by Gasteiger charge is -2.34. The van der Waals surface area contributed by atoms with Crippen LogP contribution in [0.5, 0.6) is 0 Å². The number of amides is 3. The number of fused-ring (bicyclic) bond motifs is 1. The molecular weight excluding hydrogens is 640 g/mol. The highest BCUT2D eigenvalue weighted by atomic mass is 35.5. The van der Waals surface area contributed by atoms with E-state index in [1.807, 2.05) is 35.2 Å². The van der Waals surface area contributed by atoms with Gasteiger partial charge in [0.25, 0.3) is 5.91 Å². The number of nitrogens with zero attached hydrogens (tertiary/aromatic N) is 3. The molecule has 2 fully saturated rings. The highest BCUT2D eigenvalue weighted by molar-refractivity contribution is 6.30. The molecule has 0 saturated carbocycles. The van der Waals surface area contributed by atoms with Gasteiger partial charge in [0, 0.05) is 69.0 Å². The molecule has 1 aromatic heterocycles. The number of piperidine rings is 2. The van der Waals surface area contributed by atoms with E-state index in [9.17, 15) is 19.2 Å². The van der Waals surface area contributed by atoms with Gasteiger partial charge in [-0.2, -0.15) is 0 Å². The first kappa shape index (κ1) is 34.0. The fourth-order valence-electron chi connectivity index (χ4n) is 6.59. The second-order valence-corrected chi connectivity index (χ2v) is 13.3. The second-order valence-electron chi connectivity index (χ2n) is 12.9. The van der Waals surface area contributed by atoms with Gasteiger partial charge in [-0.05, 0) is 79.6 Å². The minimum absolute atomic E-state index is 0.0803. The molecule has 9 nitrogen and oxygen atoms in total. The number of carbonyl (C=O) groups excluding carboxylic acids is 3. The van der Waals surface area contributed by atoms with Crippen molar-refractivity contribution in [2.24, 2.45) is 0 Å². The molecule has 10 heteroatoms. The summed E-state index contributed by atoms with van der Waals surface area (Å²) in [6.45, 7) is 4.52. The molecule has 0 unspecified atom stereocenters. The summed E-state index contributed by atoms with van der Waals surface area (Å²) in [5.41, 5.74) is 5.03. The third kappa shape index (κ3) is 8.23. The Hall–Kier alpha value is -4.89. The Morgan fingerprint density at radius 2 is 1.71 bits per heavy atom. The van der Waals surface area contributed by atoms with Crippen molar-refractivity contribution in [1.82, 2.24) is 10.2 Å². The minimum atomic E-state index is -0.488. The van der Waals surface area contributed by atoms with Crippen molar-refractivity contribution in [2.45, 2.75) is 58.0 Å². The fourth-order valence-corrected chi connectivity index (χ4v) is 6.71. The average Bonchev–Trinajstić information content (AvgIpc) is 3.10. The third-order valence-electron chi connectivity index (χ3n) is 9.44. The maximum atomic E-state index is 13.6. The summed E-state index contributed by atoms with van der Waals surface area (Å²) >= 11 is 6.14. The number of hydrogen-bond acceptors (Lipinski definition) is 6. The molecule has 3 aromatic carbocycles. The zero-order valence-corrected chi connectivity index (χ0v) is 28.7. The largest absolute Gasteiger partial charge is 0.451 e. The van der Waals surface area contributed by atoms with Gasteiger partial charge in [-0.3, -0.25) is 19.2 Å². The van der Waals surface area contributed by atoms with Crippen LogP contribution in [0.3, 0.4) is 0 Å². The summed E-state index contributed by atoms with van der Waals surface area (Å²) in [4.78, 5) is 56.8. The topological polar surface area (TPSA) is 103 Å². The monoisotopic (exact) mass is 680 g/mol. The lowest BCUT2D eigenvalue weighted by Crippen LogP contribution is -2.37. The molecule has 0 aliphatic carbocycles. The Kier molecular flexibility index (Phi) is 10.5. The SMILES string of the molecule is CC(=O)N(C)c1ccc2oc(C(=O)N[C@H](C=C3CCN(c4ccccc4CN4CCCCC4=O)CC3)Cc3ccc(Cl)cc3)cc(=O)c2c1. The van der Waals surface area contributed by atoms with E-state index in [-0.39, 0.29) is 40.0 Å². The van der Waals surface area contributed by atoms with E-state index >= 15 is 0 Å². The first-order valence-electron chi connectivity index (χ1n) is 16.8. The van der Waals surface area contributed by atoms with E-state index in [1.165, 1.54) is 23.5 Å². The van der Waals surface area contributed by atoms with E-state index in [4.69, 9.17) is 16.0 Å². The summed E-state index contributed by atoms with van der Waals surface area (Å²) in [5.74, 6) is -0.503. The number of para-hydroxylation sites is 1. The lowest BCUT2D eigenvalue weighted by molar-refractivity contribution is -0.133. The molecule has 2 aliphatic heterocycles. The van der Waals surface area contributed by atoms with Crippen LogP contribution < -0.4 is 20.5 Å². The molecule has 2 saturated heterocycles. The Morgan fingerprint density at radius 1 is 0.959 bits per heavy atom. The van der Waals surface area contributed by atoms with Crippen LogP contribution >= 0.6 is 11.6 Å². The zero-order chi connectivity index (χ0) is 34.5. The van der Waals surface area contributed by atoms with Crippen molar-refractivity contribution in [2.75, 3.05) is 36.5 Å². The van der Waals surface area contributed by atoms with Gasteiger partial charge in [0.2, 0.25) is 11.8 Å². The van der Waals surface area contributed by atoms with Crippen LogP contribution in [0.4, 0.5) is 11.4 Å². The van der Waals surface area contributed by atoms with E-state index in [0.717, 1.165) is 62.1 Å². The maximum absolute atomic E-state index is 13.6. The number of halogens is 1. The van der Waals surface area contributed by atoms with Gasteiger partial charge in [-0.25, -0.2) is 0 Å². The number of anilines is 2. The van der Waals surface area contributed by atoms with E-state index in [0.29, 0.717) is 30.1 Å². The molecule has 49 heavy (non-hydrogen) atoms. The highest BCUT2D eigenvalue weighted by Crippen LogP contribution is 2.29. The number of rotatable bonds is 9. The van der Waals surface area contributed by atoms with Gasteiger partial charge in [-0.1, -0.05) is 53.6 Å². The molecule has 1 atom stereocenters. The summed E-state index contributed by atoms with van der Waals surface area (Å²) in [6.07, 6.45) is 6.95. The van der Waals surface area contributed by atoms with E-state index in [2.05, 4.69) is 34.5 Å². The molecule has 1 N–H and O–H groups in total. The van der Waals surface area contributed by atoms with Crippen molar-refractivity contribution < 1.29 is 18.8 Å². The van der Waals surface area contributed by atoms with Gasteiger partial charge >= 0.3 is 0 Å². The van der Waals surface area contributed by atoms with Crippen LogP contribution in [0.2, 0.25) is 5.02 Å². The minimum Gasteiger partial charge on any atom is -0.451 e. The summed E-state index contributed by atoms with van der Waals surface area (Å²) in [5, 5.41) is 4.02. The maximum Gasteiger partial charge on any atom is 0.287 e. The van der Waals surface area contributed by atoms with Crippen molar-refractivity contribution >= 4 is 51.7 Å². The van der Waals surface area contributed by atoms with Crippen LogP contribution in [-0.2, 0) is 22.6 Å². The van der Waals surface area contributed by atoms with Crippen molar-refractivity contribution in [3.63, 3.8) is 0 Å². The van der Waals surface area contributed by atoms with Crippen LogP contribution in [0.25, 0.3) is 11.0 Å². The normalized spacial score (nSPS) is 15.7. The molecule has 0 radical (unpaired) electrons. The molecule has 0 spiro atoms. The standard InChI is InChI=1S/C39H41ClN4O5/c1-26(45)42(2)32-14-15-36-33(23-32)35(46)24-37(49-36)39(48)41-31(21-27-10-12-30(40)13-11-27)22-28-16-19-43(20-17-28)34-8-4-3-7-29(34)25-44-18-6-5-9-38(44)47/h3-4,7-8,10-15,22-24,31H,5-6,9,16-21,25H2,1-2H3,(H,41,48)/t31-/m0/s1. The lowest BCUT2D eigenvalue weighted by atomic mass is 9.97. The molecule has 3 heterocycles. The summed E-state index contributed by atoms with van der Waals surface area (Å²) in [6, 6.07) is 21.6. The Bertz CT molecular complexity index is 1940. The van der Waals surface area contributed by atoms with Gasteiger partial charge in [0.05, 0.1) is 11.4 Å². The quantitative estimate of drug-likeness (QED) is 0.202. The van der Waals surface area contributed by atoms with Crippen LogP contribution in [0.1, 0.15) is 60.7 Å². The molecule has 6 rings (SSSR count). The molecule has 0 bridgehead atoms. The van der Waals surface area contributed by atoms with Crippen LogP contribution in [0, 0.1) is 0 Å². The van der Waals surface area contributed by atoms with Crippen LogP contribution in [0.15, 0.2) is 93.7 Å². The molecule has 3 amide bonds. The van der Waals surface area contributed by atoms with Gasteiger partial charge in [0.15, 0.2) is 11.2 Å². The second kappa shape index (κ2) is 15.1.